The number of hydrogen-bond donors (Lipinski definition) is 2. The molecule has 2 aliphatic heterocycles. The third-order valence-electron chi connectivity index (χ3n) is 5.46. The Labute approximate surface area is 164 Å². The van der Waals surface area contributed by atoms with E-state index >= 15 is 0 Å². The quantitative estimate of drug-likeness (QED) is 0.759. The summed E-state index contributed by atoms with van der Waals surface area (Å²) in [5.41, 5.74) is 0.356. The maximum absolute atomic E-state index is 12.7. The number of nitrogens with zero attached hydrogens (tertiary/aromatic N) is 4. The highest BCUT2D eigenvalue weighted by Crippen LogP contribution is 2.23. The van der Waals surface area contributed by atoms with Crippen molar-refractivity contribution < 1.29 is 13.9 Å². The van der Waals surface area contributed by atoms with Gasteiger partial charge in [-0.1, -0.05) is 5.21 Å². The Morgan fingerprint density at radius 1 is 1.32 bits per heavy atom. The number of hydrogen-bond acceptors (Lipinski definition) is 7. The van der Waals surface area contributed by atoms with Gasteiger partial charge in [0.1, 0.15) is 11.5 Å². The fourth-order valence-electron chi connectivity index (χ4n) is 3.84. The van der Waals surface area contributed by atoms with Crippen molar-refractivity contribution in [1.82, 2.24) is 30.5 Å². The predicted molar refractivity (Wildman–Crippen MR) is 102 cm³/mol. The van der Waals surface area contributed by atoms with Gasteiger partial charge in [0.2, 0.25) is 0 Å². The fourth-order valence-corrected chi connectivity index (χ4v) is 3.84. The van der Waals surface area contributed by atoms with Crippen LogP contribution in [-0.4, -0.2) is 71.7 Å². The fraction of sp³-hybridized carbons (Fsp3) is 0.632. The topological polar surface area (TPSA) is 97.5 Å². The van der Waals surface area contributed by atoms with Crippen molar-refractivity contribution in [2.24, 2.45) is 0 Å². The van der Waals surface area contributed by atoms with Gasteiger partial charge in [-0.25, -0.2) is 4.68 Å². The van der Waals surface area contributed by atoms with Crippen molar-refractivity contribution >= 4 is 5.91 Å². The lowest BCUT2D eigenvalue weighted by Crippen LogP contribution is -2.43. The van der Waals surface area contributed by atoms with E-state index in [1.165, 1.54) is 0 Å². The van der Waals surface area contributed by atoms with Crippen LogP contribution >= 0.6 is 0 Å². The van der Waals surface area contributed by atoms with Gasteiger partial charge in [-0.05, 0) is 45.0 Å². The van der Waals surface area contributed by atoms with E-state index in [1.54, 1.807) is 6.20 Å². The molecule has 1 unspecified atom stereocenters. The van der Waals surface area contributed by atoms with Crippen LogP contribution in [0.15, 0.2) is 22.7 Å². The summed E-state index contributed by atoms with van der Waals surface area (Å²) in [7, 11) is 0. The Morgan fingerprint density at radius 3 is 2.82 bits per heavy atom. The standard InChI is InChI=1S/C19H28N6O3/c1-14-2-3-18(28-14)17(24-8-10-27-11-9-24)12-21-19(26)16-13-25(23-22-16)15-4-6-20-7-5-15/h2-3,13,15,17,20H,4-12H2,1H3,(H,21,26). The number of carbonyl (C=O) groups is 1. The smallest absolute Gasteiger partial charge is 0.273 e. The molecular formula is C19H28N6O3. The van der Waals surface area contributed by atoms with Gasteiger partial charge < -0.3 is 19.8 Å². The second kappa shape index (κ2) is 8.85. The zero-order chi connectivity index (χ0) is 19.3. The van der Waals surface area contributed by atoms with E-state index in [0.717, 1.165) is 50.5 Å². The summed E-state index contributed by atoms with van der Waals surface area (Å²) in [5.74, 6) is 1.52. The SMILES string of the molecule is Cc1ccc(C(CNC(=O)c2cn(C3CCNCC3)nn2)N2CCOCC2)o1. The Morgan fingerprint density at radius 2 is 2.11 bits per heavy atom. The van der Waals surface area contributed by atoms with Crippen LogP contribution in [0.25, 0.3) is 0 Å². The highest BCUT2D eigenvalue weighted by atomic mass is 16.5. The molecule has 9 nitrogen and oxygen atoms in total. The molecule has 4 rings (SSSR count). The molecule has 0 saturated carbocycles. The third kappa shape index (κ3) is 4.43. The molecule has 9 heteroatoms. The van der Waals surface area contributed by atoms with Crippen molar-refractivity contribution in [3.05, 3.63) is 35.5 Å². The summed E-state index contributed by atoms with van der Waals surface area (Å²) in [5, 5.41) is 14.6. The highest BCUT2D eigenvalue weighted by molar-refractivity contribution is 5.91. The predicted octanol–water partition coefficient (Wildman–Crippen LogP) is 0.907. The van der Waals surface area contributed by atoms with Gasteiger partial charge in [-0.3, -0.25) is 9.69 Å². The van der Waals surface area contributed by atoms with E-state index in [4.69, 9.17) is 9.15 Å². The van der Waals surface area contributed by atoms with Crippen LogP contribution in [-0.2, 0) is 4.74 Å². The molecule has 2 aliphatic rings. The van der Waals surface area contributed by atoms with Crippen LogP contribution in [0.1, 0.15) is 46.9 Å². The van der Waals surface area contributed by atoms with E-state index in [0.29, 0.717) is 31.5 Å². The number of amides is 1. The van der Waals surface area contributed by atoms with Gasteiger partial charge in [-0.15, -0.1) is 5.10 Å². The normalized spacial score (nSPS) is 20.2. The van der Waals surface area contributed by atoms with Crippen molar-refractivity contribution in [3.63, 3.8) is 0 Å². The molecular weight excluding hydrogens is 360 g/mol. The minimum absolute atomic E-state index is 0.0268. The van der Waals surface area contributed by atoms with Crippen molar-refractivity contribution in [2.75, 3.05) is 45.9 Å². The number of rotatable bonds is 6. The molecule has 0 aliphatic carbocycles. The average Bonchev–Trinajstić information content (AvgIpc) is 3.39. The van der Waals surface area contributed by atoms with Crippen molar-refractivity contribution in [1.29, 1.82) is 0 Å². The summed E-state index contributed by atoms with van der Waals surface area (Å²) >= 11 is 0. The van der Waals surface area contributed by atoms with E-state index in [1.807, 2.05) is 23.7 Å². The van der Waals surface area contributed by atoms with Crippen LogP contribution in [0, 0.1) is 6.92 Å². The van der Waals surface area contributed by atoms with Crippen molar-refractivity contribution in [2.45, 2.75) is 31.8 Å². The minimum atomic E-state index is -0.207. The first kappa shape index (κ1) is 19.1. The first-order chi connectivity index (χ1) is 13.7. The molecule has 152 valence electrons. The number of aryl methyl sites for hydroxylation is 1. The van der Waals surface area contributed by atoms with E-state index in [2.05, 4.69) is 25.8 Å². The first-order valence-electron chi connectivity index (χ1n) is 9.99. The van der Waals surface area contributed by atoms with Crippen LogP contribution in [0.5, 0.6) is 0 Å². The monoisotopic (exact) mass is 388 g/mol. The summed E-state index contributed by atoms with van der Waals surface area (Å²) < 4.78 is 13.1. The number of morpholine rings is 1. The molecule has 4 heterocycles. The molecule has 2 fully saturated rings. The minimum Gasteiger partial charge on any atom is -0.465 e. The van der Waals surface area contributed by atoms with Gasteiger partial charge in [0.05, 0.1) is 31.5 Å². The number of aromatic nitrogens is 3. The largest absolute Gasteiger partial charge is 0.465 e. The van der Waals surface area contributed by atoms with Crippen molar-refractivity contribution in [3.8, 4) is 0 Å². The third-order valence-corrected chi connectivity index (χ3v) is 5.46. The van der Waals surface area contributed by atoms with Gasteiger partial charge in [0.25, 0.3) is 5.91 Å². The summed E-state index contributed by atoms with van der Waals surface area (Å²) in [4.78, 5) is 14.9. The molecule has 2 saturated heterocycles. The Bertz CT molecular complexity index is 776. The highest BCUT2D eigenvalue weighted by Gasteiger charge is 2.26. The molecule has 2 aromatic rings. The molecule has 0 radical (unpaired) electrons. The number of nitrogens with one attached hydrogen (secondary N) is 2. The molecule has 1 atom stereocenters. The van der Waals surface area contributed by atoms with E-state index in [-0.39, 0.29) is 11.9 Å². The lowest BCUT2D eigenvalue weighted by molar-refractivity contribution is 0.0117. The van der Waals surface area contributed by atoms with Gasteiger partial charge >= 0.3 is 0 Å². The second-order valence-electron chi connectivity index (χ2n) is 7.39. The number of carbonyl (C=O) groups excluding carboxylic acids is 1. The maximum atomic E-state index is 12.7. The summed E-state index contributed by atoms with van der Waals surface area (Å²) in [6, 6.07) is 4.22. The molecule has 0 bridgehead atoms. The number of piperidine rings is 1. The lowest BCUT2D eigenvalue weighted by atomic mass is 10.1. The average molecular weight is 388 g/mol. The molecule has 1 amide bonds. The van der Waals surface area contributed by atoms with E-state index < -0.39 is 0 Å². The number of ether oxygens (including phenoxy) is 1. The van der Waals surface area contributed by atoms with Gasteiger partial charge in [-0.2, -0.15) is 0 Å². The lowest BCUT2D eigenvalue weighted by Gasteiger charge is -2.33. The summed E-state index contributed by atoms with van der Waals surface area (Å²) in [6.45, 7) is 7.32. The van der Waals surface area contributed by atoms with Crippen LogP contribution in [0.3, 0.4) is 0 Å². The second-order valence-corrected chi connectivity index (χ2v) is 7.39. The van der Waals surface area contributed by atoms with Gasteiger partial charge in [0, 0.05) is 19.6 Å². The zero-order valence-corrected chi connectivity index (χ0v) is 16.3. The van der Waals surface area contributed by atoms with Crippen LogP contribution in [0.4, 0.5) is 0 Å². The molecule has 2 aromatic heterocycles. The van der Waals surface area contributed by atoms with Gasteiger partial charge in [0.15, 0.2) is 5.69 Å². The molecule has 0 spiro atoms. The Balaban J connectivity index is 1.40. The first-order valence-corrected chi connectivity index (χ1v) is 9.99. The molecule has 28 heavy (non-hydrogen) atoms. The number of furan rings is 1. The maximum Gasteiger partial charge on any atom is 0.273 e. The Kier molecular flexibility index (Phi) is 6.04. The molecule has 2 N–H and O–H groups in total. The summed E-state index contributed by atoms with van der Waals surface area (Å²) in [6.07, 6.45) is 3.76. The van der Waals surface area contributed by atoms with Crippen LogP contribution in [0.2, 0.25) is 0 Å². The van der Waals surface area contributed by atoms with Crippen LogP contribution < -0.4 is 10.6 Å². The molecule has 0 aromatic carbocycles. The Hall–Kier alpha value is -2.23. The van der Waals surface area contributed by atoms with E-state index in [9.17, 15) is 4.79 Å². The zero-order valence-electron chi connectivity index (χ0n) is 16.3.